The van der Waals surface area contributed by atoms with Crippen molar-refractivity contribution in [1.82, 2.24) is 19.9 Å². The molecule has 2 saturated heterocycles. The van der Waals surface area contributed by atoms with Crippen LogP contribution in [0.3, 0.4) is 0 Å². The molecule has 38 heavy (non-hydrogen) atoms. The lowest BCUT2D eigenvalue weighted by atomic mass is 9.84. The number of piperidine rings is 2. The van der Waals surface area contributed by atoms with Gasteiger partial charge in [0, 0.05) is 38.0 Å². The minimum atomic E-state index is -4.45. The molecule has 3 heterocycles. The Morgan fingerprint density at radius 3 is 2.34 bits per heavy atom. The summed E-state index contributed by atoms with van der Waals surface area (Å²) in [7, 11) is 0. The summed E-state index contributed by atoms with van der Waals surface area (Å²) in [5.74, 6) is -0.927. The molecule has 0 bridgehead atoms. The minimum Gasteiger partial charge on any atom is -0.339 e. The van der Waals surface area contributed by atoms with E-state index in [1.165, 1.54) is 24.3 Å². The Labute approximate surface area is 216 Å². The predicted molar refractivity (Wildman–Crippen MR) is 128 cm³/mol. The maximum absolute atomic E-state index is 14.3. The number of amides is 2. The highest BCUT2D eigenvalue weighted by atomic mass is 19.4. The Kier molecular flexibility index (Phi) is 7.06. The van der Waals surface area contributed by atoms with Gasteiger partial charge in [-0.1, -0.05) is 29.4 Å². The van der Waals surface area contributed by atoms with Crippen molar-refractivity contribution in [3.63, 3.8) is 0 Å². The topological polar surface area (TPSA) is 86.3 Å². The summed E-state index contributed by atoms with van der Waals surface area (Å²) in [6, 6.07) is 13.1. The summed E-state index contributed by atoms with van der Waals surface area (Å²) in [6.45, 7) is 1.50. The fraction of sp³-hybridized carbons (Fsp3) is 0.407. The fourth-order valence-corrected chi connectivity index (χ4v) is 5.17. The van der Waals surface area contributed by atoms with Gasteiger partial charge in [0.1, 0.15) is 5.82 Å². The summed E-state index contributed by atoms with van der Waals surface area (Å²) in [5, 5.41) is 13.1. The molecule has 2 atom stereocenters. The molecule has 7 nitrogen and oxygen atoms in total. The molecule has 2 aliphatic heterocycles. The van der Waals surface area contributed by atoms with Crippen LogP contribution in [0.2, 0.25) is 0 Å². The molecule has 3 aromatic rings. The summed E-state index contributed by atoms with van der Waals surface area (Å²) in [6.07, 6.45) is -2.79. The lowest BCUT2D eigenvalue weighted by Gasteiger charge is -2.40. The number of benzene rings is 2. The summed E-state index contributed by atoms with van der Waals surface area (Å²) >= 11 is 0. The first-order valence-corrected chi connectivity index (χ1v) is 12.4. The van der Waals surface area contributed by atoms with Crippen LogP contribution in [-0.2, 0) is 6.18 Å². The van der Waals surface area contributed by atoms with Crippen LogP contribution in [0.1, 0.15) is 48.1 Å². The zero-order chi connectivity index (χ0) is 26.9. The molecule has 2 aliphatic rings. The molecule has 198 valence electrons. The maximum atomic E-state index is 14.3. The third-order valence-electron chi connectivity index (χ3n) is 7.28. The quantitative estimate of drug-likeness (QED) is 0.401. The van der Waals surface area contributed by atoms with E-state index in [9.17, 15) is 27.6 Å². The molecule has 2 amide bonds. The second kappa shape index (κ2) is 10.4. The zero-order valence-electron chi connectivity index (χ0n) is 20.4. The number of carbonyl (C=O) groups excluding carboxylic acids is 1. The van der Waals surface area contributed by atoms with Crippen LogP contribution >= 0.6 is 0 Å². The van der Waals surface area contributed by atoms with Crippen LogP contribution < -0.4 is 0 Å². The van der Waals surface area contributed by atoms with Gasteiger partial charge in [-0.2, -0.15) is 23.4 Å². The van der Waals surface area contributed by atoms with Crippen LogP contribution in [0.25, 0.3) is 11.4 Å². The highest BCUT2D eigenvalue weighted by Gasteiger charge is 2.38. The van der Waals surface area contributed by atoms with E-state index in [-0.39, 0.29) is 41.7 Å². The van der Waals surface area contributed by atoms with E-state index in [4.69, 9.17) is 4.52 Å². The molecule has 0 spiro atoms. The normalized spacial score (nSPS) is 20.8. The number of hydrogen-bond acceptors (Lipinski definition) is 5. The standard InChI is InChI=1S/C27H25F4N5O2/c28-23-4-2-1-3-22(23)24-33-25(38-34-24)20-13-19(18-5-7-21(8-6-18)27(29,30)31)15-36(16-20)26(37)35-11-9-17(14-32)10-12-35/h1-8,17,19-20H,9-13,15-16H2. The van der Waals surface area contributed by atoms with Gasteiger partial charge >= 0.3 is 12.2 Å². The molecule has 1 aromatic heterocycles. The van der Waals surface area contributed by atoms with Gasteiger partial charge in [0.15, 0.2) is 0 Å². The van der Waals surface area contributed by atoms with E-state index in [1.807, 2.05) is 0 Å². The Bertz CT molecular complexity index is 1330. The predicted octanol–water partition coefficient (Wildman–Crippen LogP) is 5.82. The SMILES string of the molecule is N#CC1CCN(C(=O)N2CC(c3ccc(C(F)(F)F)cc3)CC(c3nc(-c4ccccc4F)no3)C2)CC1. The van der Waals surface area contributed by atoms with E-state index in [0.717, 1.165) is 12.1 Å². The molecule has 2 aromatic carbocycles. The Hall–Kier alpha value is -3.94. The van der Waals surface area contributed by atoms with Crippen LogP contribution in [0.15, 0.2) is 53.1 Å². The third-order valence-corrected chi connectivity index (χ3v) is 7.28. The van der Waals surface area contributed by atoms with Crippen molar-refractivity contribution in [3.05, 3.63) is 71.4 Å². The minimum absolute atomic E-state index is 0.0803. The van der Waals surface area contributed by atoms with Crippen LogP contribution in [0.5, 0.6) is 0 Å². The van der Waals surface area contributed by atoms with E-state index in [0.29, 0.717) is 44.5 Å². The number of rotatable bonds is 3. The molecular weight excluding hydrogens is 502 g/mol. The lowest BCUT2D eigenvalue weighted by Crippen LogP contribution is -2.51. The van der Waals surface area contributed by atoms with Gasteiger partial charge in [-0.05, 0) is 49.1 Å². The van der Waals surface area contributed by atoms with Crippen molar-refractivity contribution in [2.45, 2.75) is 37.3 Å². The number of hydrogen-bond donors (Lipinski definition) is 0. The Balaban J connectivity index is 1.41. The van der Waals surface area contributed by atoms with Gasteiger partial charge in [0.25, 0.3) is 0 Å². The lowest BCUT2D eigenvalue weighted by molar-refractivity contribution is -0.137. The van der Waals surface area contributed by atoms with Crippen LogP contribution in [-0.4, -0.2) is 52.2 Å². The average molecular weight is 528 g/mol. The van der Waals surface area contributed by atoms with Gasteiger partial charge in [-0.15, -0.1) is 0 Å². The summed E-state index contributed by atoms with van der Waals surface area (Å²) < 4.78 is 59.1. The van der Waals surface area contributed by atoms with Crippen molar-refractivity contribution in [3.8, 4) is 17.5 Å². The average Bonchev–Trinajstić information content (AvgIpc) is 3.42. The Morgan fingerprint density at radius 2 is 1.68 bits per heavy atom. The van der Waals surface area contributed by atoms with E-state index in [2.05, 4.69) is 16.2 Å². The fourth-order valence-electron chi connectivity index (χ4n) is 5.17. The van der Waals surface area contributed by atoms with E-state index >= 15 is 0 Å². The molecule has 11 heteroatoms. The second-order valence-corrected chi connectivity index (χ2v) is 9.76. The zero-order valence-corrected chi connectivity index (χ0v) is 20.4. The van der Waals surface area contributed by atoms with Gasteiger partial charge in [0.2, 0.25) is 11.7 Å². The molecule has 5 rings (SSSR count). The number of nitriles is 1. The van der Waals surface area contributed by atoms with Crippen LogP contribution in [0.4, 0.5) is 22.4 Å². The second-order valence-electron chi connectivity index (χ2n) is 9.76. The molecule has 2 unspecified atom stereocenters. The number of aromatic nitrogens is 2. The Morgan fingerprint density at radius 1 is 1.00 bits per heavy atom. The molecule has 0 radical (unpaired) electrons. The van der Waals surface area contributed by atoms with Crippen molar-refractivity contribution in [2.75, 3.05) is 26.2 Å². The van der Waals surface area contributed by atoms with Crippen molar-refractivity contribution in [2.24, 2.45) is 5.92 Å². The first-order chi connectivity index (χ1) is 18.2. The number of nitrogens with zero attached hydrogens (tertiary/aromatic N) is 5. The van der Waals surface area contributed by atoms with Gasteiger partial charge < -0.3 is 14.3 Å². The van der Waals surface area contributed by atoms with Crippen molar-refractivity contribution >= 4 is 6.03 Å². The largest absolute Gasteiger partial charge is 0.416 e. The first-order valence-electron chi connectivity index (χ1n) is 12.4. The molecular formula is C27H25F4N5O2. The third kappa shape index (κ3) is 5.35. The summed E-state index contributed by atoms with van der Waals surface area (Å²) in [5.41, 5.74) is 0.108. The monoisotopic (exact) mass is 527 g/mol. The van der Waals surface area contributed by atoms with Crippen LogP contribution in [0, 0.1) is 23.1 Å². The highest BCUT2D eigenvalue weighted by molar-refractivity contribution is 5.75. The summed E-state index contributed by atoms with van der Waals surface area (Å²) in [4.78, 5) is 21.2. The molecule has 0 saturated carbocycles. The van der Waals surface area contributed by atoms with Crippen molar-refractivity contribution in [1.29, 1.82) is 5.26 Å². The number of halogens is 4. The molecule has 0 N–H and O–H groups in total. The highest BCUT2D eigenvalue weighted by Crippen LogP contribution is 2.38. The molecule has 2 fully saturated rings. The van der Waals surface area contributed by atoms with Gasteiger partial charge in [0.05, 0.1) is 23.1 Å². The number of alkyl halides is 3. The van der Waals surface area contributed by atoms with E-state index < -0.39 is 23.5 Å². The smallest absolute Gasteiger partial charge is 0.339 e. The first kappa shape index (κ1) is 25.7. The number of likely N-dealkylation sites (tertiary alicyclic amines) is 2. The van der Waals surface area contributed by atoms with Gasteiger partial charge in [-0.25, -0.2) is 9.18 Å². The number of carbonyl (C=O) groups is 1. The number of urea groups is 1. The van der Waals surface area contributed by atoms with E-state index in [1.54, 1.807) is 21.9 Å². The maximum Gasteiger partial charge on any atom is 0.416 e. The van der Waals surface area contributed by atoms with Crippen molar-refractivity contribution < 1.29 is 26.9 Å². The molecule has 0 aliphatic carbocycles. The van der Waals surface area contributed by atoms with Gasteiger partial charge in [-0.3, -0.25) is 0 Å².